The molecule has 21 heteroatoms. The summed E-state index contributed by atoms with van der Waals surface area (Å²) in [6, 6.07) is 5.70. The van der Waals surface area contributed by atoms with E-state index in [4.69, 9.17) is 16.3 Å². The van der Waals surface area contributed by atoms with Crippen LogP contribution in [0.4, 0.5) is 29.3 Å². The monoisotopic (exact) mass is 812 g/mol. The molecule has 2 aliphatic heterocycles. The summed E-state index contributed by atoms with van der Waals surface area (Å²) in [7, 11) is 1.35. The number of piperazine rings is 1. The first-order valence-corrected chi connectivity index (χ1v) is 17.9. The lowest BCUT2D eigenvalue weighted by molar-refractivity contribution is -0.143. The highest BCUT2D eigenvalue weighted by Gasteiger charge is 2.41. The van der Waals surface area contributed by atoms with E-state index in [1.165, 1.54) is 52.1 Å². The van der Waals surface area contributed by atoms with Crippen LogP contribution in [0.3, 0.4) is 0 Å². The number of imidazole rings is 1. The Bertz CT molecular complexity index is 2240. The summed E-state index contributed by atoms with van der Waals surface area (Å²) in [5.74, 6) is -2.04. The molecule has 0 spiro atoms. The number of nitrogens with zero attached hydrogens (tertiary/aromatic N) is 9. The average molecular weight is 813 g/mol. The molecule has 4 amide bonds. The highest BCUT2D eigenvalue weighted by Crippen LogP contribution is 2.37. The molecule has 1 N–H and O–H groups in total. The summed E-state index contributed by atoms with van der Waals surface area (Å²) in [5.41, 5.74) is -2.27. The normalized spacial score (nSPS) is 16.4. The maximum atomic E-state index is 14.1. The summed E-state index contributed by atoms with van der Waals surface area (Å²) in [5, 5.41) is 8.96. The van der Waals surface area contributed by atoms with Crippen molar-refractivity contribution in [3.63, 3.8) is 0 Å². The van der Waals surface area contributed by atoms with Crippen molar-refractivity contribution in [1.82, 2.24) is 39.0 Å². The van der Waals surface area contributed by atoms with Gasteiger partial charge in [0.2, 0.25) is 5.91 Å². The van der Waals surface area contributed by atoms with E-state index in [0.717, 1.165) is 27.8 Å². The van der Waals surface area contributed by atoms with E-state index in [1.54, 1.807) is 20.8 Å². The Hall–Kier alpha value is -6.18. The van der Waals surface area contributed by atoms with Crippen molar-refractivity contribution in [2.24, 2.45) is 12.2 Å². The zero-order chi connectivity index (χ0) is 41.4. The van der Waals surface area contributed by atoms with Gasteiger partial charge in [-0.05, 0) is 56.3 Å². The molecule has 2 saturated heterocycles. The van der Waals surface area contributed by atoms with Gasteiger partial charge in [-0.15, -0.1) is 4.91 Å². The van der Waals surface area contributed by atoms with Gasteiger partial charge in [0.1, 0.15) is 23.1 Å². The fraction of sp³-hybridized carbons (Fsp3) is 0.389. The molecule has 57 heavy (non-hydrogen) atoms. The number of ether oxygens (including phenoxy) is 1. The minimum atomic E-state index is -4.89. The van der Waals surface area contributed by atoms with Crippen molar-refractivity contribution in [3.05, 3.63) is 75.9 Å². The summed E-state index contributed by atoms with van der Waals surface area (Å²) in [6.07, 6.45) is -2.33. The summed E-state index contributed by atoms with van der Waals surface area (Å²) < 4.78 is 49.7. The highest BCUT2D eigenvalue weighted by molar-refractivity contribution is 6.34. The second kappa shape index (κ2) is 15.8. The fourth-order valence-electron chi connectivity index (χ4n) is 6.38. The topological polar surface area (TPSA) is 194 Å². The third-order valence-electron chi connectivity index (χ3n) is 9.20. The van der Waals surface area contributed by atoms with E-state index in [1.807, 2.05) is 0 Å². The molecule has 0 aliphatic carbocycles. The minimum absolute atomic E-state index is 0.00152. The Morgan fingerprint density at radius 3 is 2.28 bits per heavy atom. The zero-order valence-electron chi connectivity index (χ0n) is 31.0. The number of alkyl halides is 3. The lowest BCUT2D eigenvalue weighted by atomic mass is 9.99. The molecule has 2 aliphatic rings. The van der Waals surface area contributed by atoms with Gasteiger partial charge >= 0.3 is 12.3 Å². The van der Waals surface area contributed by atoms with Crippen molar-refractivity contribution in [2.75, 3.05) is 38.0 Å². The summed E-state index contributed by atoms with van der Waals surface area (Å²) in [6.45, 7) is 5.75. The van der Waals surface area contributed by atoms with Gasteiger partial charge in [-0.2, -0.15) is 18.3 Å². The lowest BCUT2D eigenvalue weighted by Crippen LogP contribution is -2.59. The Morgan fingerprint density at radius 1 is 0.965 bits per heavy atom. The number of amides is 4. The lowest BCUT2D eigenvalue weighted by Gasteiger charge is -2.40. The molecule has 17 nitrogen and oxygen atoms in total. The molecular weight excluding hydrogens is 777 g/mol. The Morgan fingerprint density at radius 2 is 1.67 bits per heavy atom. The van der Waals surface area contributed by atoms with Gasteiger partial charge < -0.3 is 24.4 Å². The molecule has 0 saturated carbocycles. The smallest absolute Gasteiger partial charge is 0.435 e. The third-order valence-corrected chi connectivity index (χ3v) is 9.51. The fourth-order valence-corrected chi connectivity index (χ4v) is 6.64. The molecule has 3 aromatic heterocycles. The van der Waals surface area contributed by atoms with Crippen LogP contribution in [0.25, 0.3) is 17.1 Å². The maximum absolute atomic E-state index is 14.1. The van der Waals surface area contributed by atoms with Crippen LogP contribution in [0.2, 0.25) is 5.02 Å². The largest absolute Gasteiger partial charge is 0.444 e. The molecular formula is C36H36ClF3N10O7. The first-order chi connectivity index (χ1) is 26.8. The van der Waals surface area contributed by atoms with Gasteiger partial charge in [0.15, 0.2) is 17.3 Å². The van der Waals surface area contributed by atoms with Gasteiger partial charge in [0, 0.05) is 64.5 Å². The van der Waals surface area contributed by atoms with E-state index in [2.05, 4.69) is 25.6 Å². The Balaban J connectivity index is 1.10. The van der Waals surface area contributed by atoms with Crippen LogP contribution in [0.15, 0.2) is 54.1 Å². The molecule has 0 bridgehead atoms. The van der Waals surface area contributed by atoms with Crippen molar-refractivity contribution in [1.29, 1.82) is 0 Å². The average Bonchev–Trinajstić information content (AvgIpc) is 3.78. The predicted molar refractivity (Wildman–Crippen MR) is 197 cm³/mol. The van der Waals surface area contributed by atoms with Crippen molar-refractivity contribution >= 4 is 52.6 Å². The second-order valence-electron chi connectivity index (χ2n) is 14.3. The standard InChI is InChI=1S/C36H36ClF3N10O7/c1-35(2,3)57-34(55)49-10-9-22(51)16-26(49)33(54)48-13-11-47(12-14-48)32(53)23-7-5-20(15-25(23)37)43-31(52)30-42-18-27(46(30)4)24-19-50(44-29(24)36(38,39)40)28-8-6-21(45-56)17-41-28/h5-8,15,17-19,26H,9-14,16H2,1-4H3,(H,43,52)/t26-/m0/s1. The van der Waals surface area contributed by atoms with Gasteiger partial charge in [-0.25, -0.2) is 19.4 Å². The number of carbonyl (C=O) groups is 5. The molecule has 2 fully saturated rings. The number of nitrogens with one attached hydrogen (secondary N) is 1. The minimum Gasteiger partial charge on any atom is -0.444 e. The highest BCUT2D eigenvalue weighted by atomic mass is 35.5. The van der Waals surface area contributed by atoms with Crippen LogP contribution in [0, 0.1) is 4.91 Å². The van der Waals surface area contributed by atoms with Gasteiger partial charge in [0.25, 0.3) is 11.8 Å². The molecule has 0 radical (unpaired) electrons. The number of likely N-dealkylation sites (tertiary alicyclic amines) is 1. The van der Waals surface area contributed by atoms with Crippen LogP contribution in [-0.2, 0) is 27.5 Å². The molecule has 6 rings (SSSR count). The number of pyridine rings is 1. The van der Waals surface area contributed by atoms with Crippen LogP contribution in [0.5, 0.6) is 0 Å². The van der Waals surface area contributed by atoms with Crippen molar-refractivity contribution in [2.45, 2.75) is 51.4 Å². The number of benzene rings is 1. The van der Waals surface area contributed by atoms with Gasteiger partial charge in [-0.3, -0.25) is 24.1 Å². The van der Waals surface area contributed by atoms with Crippen molar-refractivity contribution < 1.29 is 41.9 Å². The molecule has 300 valence electrons. The number of hydrogen-bond acceptors (Lipinski definition) is 11. The second-order valence-corrected chi connectivity index (χ2v) is 14.7. The van der Waals surface area contributed by atoms with E-state index in [0.29, 0.717) is 0 Å². The Kier molecular flexibility index (Phi) is 11.2. The van der Waals surface area contributed by atoms with E-state index in [-0.39, 0.29) is 96.2 Å². The van der Waals surface area contributed by atoms with Crippen LogP contribution < -0.4 is 5.32 Å². The van der Waals surface area contributed by atoms with Crippen LogP contribution in [-0.4, -0.2) is 113 Å². The number of nitroso groups, excluding NO2 is 1. The van der Waals surface area contributed by atoms with Gasteiger partial charge in [-0.1, -0.05) is 11.6 Å². The van der Waals surface area contributed by atoms with Crippen LogP contribution >= 0.6 is 11.6 Å². The Labute approximate surface area is 327 Å². The first kappa shape index (κ1) is 40.5. The number of halogens is 4. The quantitative estimate of drug-likeness (QED) is 0.241. The number of rotatable bonds is 7. The SMILES string of the molecule is Cn1c(-c2cn(-c3ccc(N=O)cn3)nc2C(F)(F)F)cnc1C(=O)Nc1ccc(C(=O)N2CCN(C(=O)[C@@H]3CC(=O)CCN3C(=O)OC(C)(C)C)CC2)c(Cl)c1. The van der Waals surface area contributed by atoms with Crippen molar-refractivity contribution in [3.8, 4) is 17.1 Å². The molecule has 1 aromatic carbocycles. The molecule has 1 atom stereocenters. The van der Waals surface area contributed by atoms with E-state index < -0.39 is 47.3 Å². The zero-order valence-corrected chi connectivity index (χ0v) is 31.8. The number of hydrogen-bond donors (Lipinski definition) is 1. The van der Waals surface area contributed by atoms with E-state index in [9.17, 15) is 42.1 Å². The number of Topliss-reactive ketones (excluding diaryl/α,β-unsaturated/α-hetero) is 1. The maximum Gasteiger partial charge on any atom is 0.435 e. The van der Waals surface area contributed by atoms with Crippen LogP contribution in [0.1, 0.15) is 60.3 Å². The summed E-state index contributed by atoms with van der Waals surface area (Å²) >= 11 is 6.50. The number of anilines is 1. The first-order valence-electron chi connectivity index (χ1n) is 17.5. The summed E-state index contributed by atoms with van der Waals surface area (Å²) in [4.78, 5) is 88.4. The number of aromatic nitrogens is 5. The predicted octanol–water partition coefficient (Wildman–Crippen LogP) is 5.24. The molecule has 5 heterocycles. The van der Waals surface area contributed by atoms with E-state index >= 15 is 0 Å². The molecule has 4 aromatic rings. The number of ketones is 1. The molecule has 0 unspecified atom stereocenters. The van der Waals surface area contributed by atoms with Gasteiger partial charge in [0.05, 0.1) is 34.2 Å². The number of carbonyl (C=O) groups excluding carboxylic acids is 5. The third kappa shape index (κ3) is 8.79. The number of piperidine rings is 1.